The second-order valence-corrected chi connectivity index (χ2v) is 6.89. The Labute approximate surface area is 168 Å². The van der Waals surface area contributed by atoms with E-state index in [2.05, 4.69) is 58.5 Å². The van der Waals surface area contributed by atoms with Crippen LogP contribution in [0.2, 0.25) is 0 Å². The first kappa shape index (κ1) is 21.6. The van der Waals surface area contributed by atoms with Crippen molar-refractivity contribution in [2.75, 3.05) is 49.0 Å². The zero-order valence-corrected chi connectivity index (χ0v) is 17.8. The summed E-state index contributed by atoms with van der Waals surface area (Å²) in [5.41, 5.74) is 2.40. The van der Waals surface area contributed by atoms with Crippen molar-refractivity contribution < 1.29 is 9.47 Å². The summed E-state index contributed by atoms with van der Waals surface area (Å²) in [6.07, 6.45) is 0. The van der Waals surface area contributed by atoms with Crippen LogP contribution in [0.15, 0.2) is 53.5 Å². The smallest absolute Gasteiger partial charge is 0.193 e. The Morgan fingerprint density at radius 1 is 1.00 bits per heavy atom. The van der Waals surface area contributed by atoms with Crippen LogP contribution < -0.4 is 14.8 Å². The van der Waals surface area contributed by atoms with Gasteiger partial charge in [0.15, 0.2) is 5.96 Å². The number of ether oxygens (including phenoxy) is 2. The Morgan fingerprint density at radius 2 is 1.68 bits per heavy atom. The minimum absolute atomic E-state index is 0.196. The first-order valence-corrected chi connectivity index (χ1v) is 9.33. The van der Waals surface area contributed by atoms with Gasteiger partial charge in [0.1, 0.15) is 11.5 Å². The molecule has 0 aliphatic carbocycles. The van der Waals surface area contributed by atoms with Gasteiger partial charge in [-0.25, -0.2) is 0 Å². The van der Waals surface area contributed by atoms with E-state index in [1.807, 2.05) is 38.4 Å². The van der Waals surface area contributed by atoms with Crippen LogP contribution in [-0.2, 0) is 6.54 Å². The van der Waals surface area contributed by atoms with E-state index in [1.54, 1.807) is 14.2 Å². The summed E-state index contributed by atoms with van der Waals surface area (Å²) in [4.78, 5) is 8.74. The molecule has 0 bridgehead atoms. The minimum Gasteiger partial charge on any atom is -0.497 e. The van der Waals surface area contributed by atoms with Gasteiger partial charge in [0.05, 0.1) is 20.3 Å². The zero-order chi connectivity index (χ0) is 20.5. The Hall–Kier alpha value is -2.73. The number of benzene rings is 2. The van der Waals surface area contributed by atoms with Crippen LogP contribution in [0.5, 0.6) is 11.5 Å². The molecule has 6 heteroatoms. The predicted octanol–water partition coefficient (Wildman–Crippen LogP) is 3.01. The molecule has 6 nitrogen and oxygen atoms in total. The second-order valence-electron chi connectivity index (χ2n) is 6.89. The van der Waals surface area contributed by atoms with Crippen molar-refractivity contribution in [2.24, 2.45) is 4.99 Å². The lowest BCUT2D eigenvalue weighted by molar-refractivity contribution is 0.294. The van der Waals surface area contributed by atoms with Crippen molar-refractivity contribution in [2.45, 2.75) is 12.6 Å². The average molecular weight is 385 g/mol. The van der Waals surface area contributed by atoms with Gasteiger partial charge in [-0.3, -0.25) is 4.99 Å². The summed E-state index contributed by atoms with van der Waals surface area (Å²) in [5, 5.41) is 3.50. The Kier molecular flexibility index (Phi) is 8.14. The Bertz CT molecular complexity index is 759. The summed E-state index contributed by atoms with van der Waals surface area (Å²) >= 11 is 0. The summed E-state index contributed by atoms with van der Waals surface area (Å²) < 4.78 is 10.6. The van der Waals surface area contributed by atoms with Crippen molar-refractivity contribution in [1.29, 1.82) is 0 Å². The number of hydrogen-bond donors (Lipinski definition) is 1. The van der Waals surface area contributed by atoms with Gasteiger partial charge in [-0.2, -0.15) is 0 Å². The molecule has 0 spiro atoms. The van der Waals surface area contributed by atoms with Gasteiger partial charge in [0.2, 0.25) is 0 Å². The van der Waals surface area contributed by atoms with Crippen LogP contribution in [0.4, 0.5) is 0 Å². The molecule has 2 aromatic carbocycles. The molecule has 1 unspecified atom stereocenters. The van der Waals surface area contributed by atoms with Crippen molar-refractivity contribution in [3.05, 3.63) is 59.7 Å². The number of methoxy groups -OCH3 is 2. The van der Waals surface area contributed by atoms with Gasteiger partial charge in [-0.05, 0) is 49.5 Å². The molecule has 0 saturated carbocycles. The van der Waals surface area contributed by atoms with Crippen LogP contribution in [0, 0.1) is 0 Å². The van der Waals surface area contributed by atoms with Crippen LogP contribution in [0.25, 0.3) is 0 Å². The van der Waals surface area contributed by atoms with Crippen LogP contribution >= 0.6 is 0 Å². The van der Waals surface area contributed by atoms with Gasteiger partial charge in [0, 0.05) is 27.2 Å². The van der Waals surface area contributed by atoms with Crippen LogP contribution in [-0.4, -0.2) is 64.7 Å². The molecular formula is C22H32N4O2. The molecule has 0 heterocycles. The van der Waals surface area contributed by atoms with E-state index >= 15 is 0 Å². The monoisotopic (exact) mass is 384 g/mol. The number of likely N-dealkylation sites (N-methyl/N-ethyl adjacent to an activating group) is 1. The highest BCUT2D eigenvalue weighted by Crippen LogP contribution is 2.22. The standard InChI is InChI=1S/C22H32N4O2/c1-23-22(26(4)16-17-10-12-19(27-5)13-11-17)24-15-21(25(2)3)18-8-7-9-20(14-18)28-6/h7-14,21H,15-16H2,1-6H3,(H,23,24). The lowest BCUT2D eigenvalue weighted by Gasteiger charge is -2.28. The topological polar surface area (TPSA) is 49.3 Å². The molecule has 2 aromatic rings. The second kappa shape index (κ2) is 10.6. The van der Waals surface area contributed by atoms with Crippen LogP contribution in [0.1, 0.15) is 17.2 Å². The lowest BCUT2D eigenvalue weighted by Crippen LogP contribution is -2.42. The van der Waals surface area contributed by atoms with E-state index in [4.69, 9.17) is 9.47 Å². The van der Waals surface area contributed by atoms with Crippen molar-refractivity contribution in [3.63, 3.8) is 0 Å². The minimum atomic E-state index is 0.196. The lowest BCUT2D eigenvalue weighted by atomic mass is 10.1. The Balaban J connectivity index is 2.03. The molecule has 0 aliphatic heterocycles. The molecule has 1 atom stereocenters. The van der Waals surface area contributed by atoms with Crippen molar-refractivity contribution >= 4 is 5.96 Å². The zero-order valence-electron chi connectivity index (χ0n) is 17.8. The molecule has 0 aromatic heterocycles. The molecule has 0 fully saturated rings. The van der Waals surface area contributed by atoms with Crippen molar-refractivity contribution in [1.82, 2.24) is 15.1 Å². The molecule has 0 radical (unpaired) electrons. The summed E-state index contributed by atoms with van der Waals surface area (Å²) in [6, 6.07) is 16.5. The number of hydrogen-bond acceptors (Lipinski definition) is 4. The third-order valence-corrected chi connectivity index (χ3v) is 4.71. The third-order valence-electron chi connectivity index (χ3n) is 4.71. The highest BCUT2D eigenvalue weighted by molar-refractivity contribution is 5.79. The number of nitrogens with one attached hydrogen (secondary N) is 1. The van der Waals surface area contributed by atoms with E-state index in [0.717, 1.165) is 30.5 Å². The SMILES string of the molecule is CN=C(NCC(c1cccc(OC)c1)N(C)C)N(C)Cc1ccc(OC)cc1. The maximum absolute atomic E-state index is 5.37. The molecule has 1 N–H and O–H groups in total. The van der Waals surface area contributed by atoms with Gasteiger partial charge >= 0.3 is 0 Å². The maximum Gasteiger partial charge on any atom is 0.193 e. The van der Waals surface area contributed by atoms with E-state index in [0.29, 0.717) is 0 Å². The summed E-state index contributed by atoms with van der Waals surface area (Å²) in [5.74, 6) is 2.58. The molecule has 2 rings (SSSR count). The number of guanidine groups is 1. The Morgan fingerprint density at radius 3 is 2.25 bits per heavy atom. The fraction of sp³-hybridized carbons (Fsp3) is 0.409. The largest absolute Gasteiger partial charge is 0.497 e. The van der Waals surface area contributed by atoms with Crippen LogP contribution in [0.3, 0.4) is 0 Å². The summed E-state index contributed by atoms with van der Waals surface area (Å²) in [7, 11) is 11.4. The van der Waals surface area contributed by atoms with Gasteiger partial charge in [0.25, 0.3) is 0 Å². The van der Waals surface area contributed by atoms with Gasteiger partial charge in [-0.15, -0.1) is 0 Å². The highest BCUT2D eigenvalue weighted by Gasteiger charge is 2.16. The third kappa shape index (κ3) is 5.89. The molecule has 0 saturated heterocycles. The van der Waals surface area contributed by atoms with Gasteiger partial charge < -0.3 is 24.6 Å². The first-order valence-electron chi connectivity index (χ1n) is 9.33. The number of aliphatic imine (C=N–C) groups is 1. The molecular weight excluding hydrogens is 352 g/mol. The predicted molar refractivity (Wildman–Crippen MR) is 115 cm³/mol. The van der Waals surface area contributed by atoms with E-state index in [9.17, 15) is 0 Å². The number of rotatable bonds is 8. The molecule has 0 amide bonds. The molecule has 28 heavy (non-hydrogen) atoms. The summed E-state index contributed by atoms with van der Waals surface area (Å²) in [6.45, 7) is 1.50. The van der Waals surface area contributed by atoms with E-state index in [1.165, 1.54) is 11.1 Å². The van der Waals surface area contributed by atoms with Gasteiger partial charge in [-0.1, -0.05) is 24.3 Å². The first-order chi connectivity index (χ1) is 13.5. The molecule has 152 valence electrons. The molecule has 0 aliphatic rings. The fourth-order valence-electron chi connectivity index (χ4n) is 3.10. The van der Waals surface area contributed by atoms with E-state index in [-0.39, 0.29) is 6.04 Å². The normalized spacial score (nSPS) is 12.6. The maximum atomic E-state index is 5.37. The quantitative estimate of drug-likeness (QED) is 0.560. The van der Waals surface area contributed by atoms with E-state index < -0.39 is 0 Å². The number of nitrogens with zero attached hydrogens (tertiary/aromatic N) is 3. The fourth-order valence-corrected chi connectivity index (χ4v) is 3.10. The average Bonchev–Trinajstić information content (AvgIpc) is 2.71. The van der Waals surface area contributed by atoms with Crippen molar-refractivity contribution in [3.8, 4) is 11.5 Å². The highest BCUT2D eigenvalue weighted by atomic mass is 16.5.